The Kier molecular flexibility index (Phi) is 7.39. The van der Waals surface area contributed by atoms with Gasteiger partial charge >= 0.3 is 0 Å². The molecule has 0 heterocycles. The van der Waals surface area contributed by atoms with E-state index < -0.39 is 0 Å². The monoisotopic (exact) mass is 790 g/mol. The number of fused-ring (bicyclic) bond motifs is 9. The quantitative estimate of drug-likeness (QED) is 0.156. The third kappa shape index (κ3) is 4.79. The zero-order valence-electron chi connectivity index (χ0n) is 34.8. The highest BCUT2D eigenvalue weighted by atomic mass is 14.6. The Balaban J connectivity index is 0.927. The van der Waals surface area contributed by atoms with Crippen LogP contribution in [0.5, 0.6) is 0 Å². The normalized spacial score (nSPS) is 21.9. The maximum absolute atomic E-state index is 2.60. The molecule has 0 heteroatoms. The highest BCUT2D eigenvalue weighted by Crippen LogP contribution is 2.70. The fourth-order valence-corrected chi connectivity index (χ4v) is 14.1. The molecule has 0 N–H and O–H groups in total. The van der Waals surface area contributed by atoms with Gasteiger partial charge in [0.05, 0.1) is 0 Å². The Hall–Kier alpha value is -6.76. The SMILES string of the molecule is c1ccc(-c2c3ccccc3c(-c3cccc(-c4cccc(-c5cccc6c7c(ccc56)C5(c6ccc8ccccc8c6-7)C6CC7CC(C6)CC5C7)c4)c3)c3ccccc23)cc1. The third-order valence-electron chi connectivity index (χ3n) is 16.2. The molecular formula is C62H46. The molecule has 0 amide bonds. The average Bonchev–Trinajstić information content (AvgIpc) is 3.64. The van der Waals surface area contributed by atoms with Gasteiger partial charge in [0.2, 0.25) is 0 Å². The van der Waals surface area contributed by atoms with Gasteiger partial charge in [0, 0.05) is 5.41 Å². The van der Waals surface area contributed by atoms with E-state index in [1.165, 1.54) is 131 Å². The van der Waals surface area contributed by atoms with Crippen molar-refractivity contribution in [3.63, 3.8) is 0 Å². The Morgan fingerprint density at radius 2 is 0.742 bits per heavy atom. The molecule has 4 bridgehead atoms. The van der Waals surface area contributed by atoms with Gasteiger partial charge in [-0.25, -0.2) is 0 Å². The molecule has 4 fully saturated rings. The van der Waals surface area contributed by atoms with Crippen LogP contribution in [0.1, 0.15) is 43.2 Å². The minimum Gasteiger partial charge on any atom is -0.0622 e. The van der Waals surface area contributed by atoms with E-state index in [1.54, 1.807) is 11.1 Å². The van der Waals surface area contributed by atoms with E-state index in [0.29, 0.717) is 0 Å². The van der Waals surface area contributed by atoms with E-state index in [4.69, 9.17) is 0 Å². The molecule has 10 aromatic rings. The smallest absolute Gasteiger partial charge is 0.0272 e. The topological polar surface area (TPSA) is 0 Å². The second kappa shape index (κ2) is 13.1. The first-order chi connectivity index (χ1) is 30.7. The van der Waals surface area contributed by atoms with Crippen LogP contribution in [-0.4, -0.2) is 0 Å². The predicted molar refractivity (Wildman–Crippen MR) is 261 cm³/mol. The van der Waals surface area contributed by atoms with Crippen LogP contribution >= 0.6 is 0 Å². The van der Waals surface area contributed by atoms with Crippen molar-refractivity contribution >= 4 is 43.1 Å². The van der Waals surface area contributed by atoms with Crippen molar-refractivity contribution in [2.45, 2.75) is 37.5 Å². The van der Waals surface area contributed by atoms with Crippen LogP contribution < -0.4 is 0 Å². The van der Waals surface area contributed by atoms with Crippen LogP contribution in [-0.2, 0) is 5.41 Å². The molecule has 294 valence electrons. The van der Waals surface area contributed by atoms with Crippen molar-refractivity contribution in [3.8, 4) is 55.6 Å². The zero-order valence-corrected chi connectivity index (χ0v) is 34.8. The van der Waals surface area contributed by atoms with Gasteiger partial charge in [-0.2, -0.15) is 0 Å². The van der Waals surface area contributed by atoms with Crippen LogP contribution in [0.15, 0.2) is 194 Å². The molecule has 62 heavy (non-hydrogen) atoms. The van der Waals surface area contributed by atoms with Gasteiger partial charge in [0.1, 0.15) is 0 Å². The van der Waals surface area contributed by atoms with Crippen molar-refractivity contribution in [1.29, 1.82) is 0 Å². The summed E-state index contributed by atoms with van der Waals surface area (Å²) in [4.78, 5) is 0. The highest BCUT2D eigenvalue weighted by Gasteiger charge is 2.62. The van der Waals surface area contributed by atoms with Crippen LogP contribution in [0, 0.1) is 23.7 Å². The fourth-order valence-electron chi connectivity index (χ4n) is 14.1. The molecule has 0 saturated heterocycles. The van der Waals surface area contributed by atoms with E-state index in [9.17, 15) is 0 Å². The number of hydrogen-bond donors (Lipinski definition) is 0. The highest BCUT2D eigenvalue weighted by molar-refractivity contribution is 6.21. The molecule has 5 aliphatic rings. The second-order valence-electron chi connectivity index (χ2n) is 19.1. The van der Waals surface area contributed by atoms with E-state index in [2.05, 4.69) is 194 Å². The first-order valence-electron chi connectivity index (χ1n) is 23.0. The number of benzene rings is 10. The lowest BCUT2D eigenvalue weighted by molar-refractivity contribution is -0.0398. The summed E-state index contributed by atoms with van der Waals surface area (Å²) in [6.07, 6.45) is 7.07. The molecule has 0 atom stereocenters. The molecule has 15 rings (SSSR count). The van der Waals surface area contributed by atoms with Crippen LogP contribution in [0.4, 0.5) is 0 Å². The average molecular weight is 791 g/mol. The molecule has 10 aromatic carbocycles. The molecule has 1 spiro atoms. The zero-order chi connectivity index (χ0) is 40.5. The molecule has 0 aromatic heterocycles. The van der Waals surface area contributed by atoms with E-state index in [1.807, 2.05) is 0 Å². The van der Waals surface area contributed by atoms with Crippen LogP contribution in [0.3, 0.4) is 0 Å². The van der Waals surface area contributed by atoms with Crippen molar-refractivity contribution in [2.24, 2.45) is 23.7 Å². The second-order valence-corrected chi connectivity index (χ2v) is 19.1. The van der Waals surface area contributed by atoms with Gasteiger partial charge < -0.3 is 0 Å². The Bertz CT molecular complexity index is 3390. The van der Waals surface area contributed by atoms with Crippen LogP contribution in [0.2, 0.25) is 0 Å². The maximum Gasteiger partial charge on any atom is 0.0272 e. The Labute approximate surface area is 363 Å². The summed E-state index contributed by atoms with van der Waals surface area (Å²) in [6.45, 7) is 0. The minimum absolute atomic E-state index is 0.135. The fraction of sp³-hybridized carbons (Fsp3) is 0.161. The van der Waals surface area contributed by atoms with Gasteiger partial charge in [-0.05, 0) is 178 Å². The summed E-state index contributed by atoms with van der Waals surface area (Å²) < 4.78 is 0. The first kappa shape index (κ1) is 34.9. The lowest BCUT2D eigenvalue weighted by Gasteiger charge is -2.61. The van der Waals surface area contributed by atoms with Gasteiger partial charge in [-0.15, -0.1) is 0 Å². The van der Waals surface area contributed by atoms with Crippen molar-refractivity contribution in [2.75, 3.05) is 0 Å². The molecule has 5 aliphatic carbocycles. The van der Waals surface area contributed by atoms with Crippen molar-refractivity contribution in [1.82, 2.24) is 0 Å². The van der Waals surface area contributed by atoms with Crippen molar-refractivity contribution in [3.05, 3.63) is 205 Å². The first-order valence-corrected chi connectivity index (χ1v) is 23.0. The summed E-state index contributed by atoms with van der Waals surface area (Å²) in [5, 5.41) is 10.7. The molecular weight excluding hydrogens is 745 g/mol. The summed E-state index contributed by atoms with van der Waals surface area (Å²) in [7, 11) is 0. The van der Waals surface area contributed by atoms with E-state index in [-0.39, 0.29) is 5.41 Å². The Morgan fingerprint density at radius 3 is 1.40 bits per heavy atom. The number of rotatable bonds is 4. The number of hydrogen-bond acceptors (Lipinski definition) is 0. The molecule has 4 saturated carbocycles. The van der Waals surface area contributed by atoms with Gasteiger partial charge in [0.25, 0.3) is 0 Å². The van der Waals surface area contributed by atoms with Crippen LogP contribution in [0.25, 0.3) is 98.7 Å². The molecule has 0 unspecified atom stereocenters. The molecule has 0 radical (unpaired) electrons. The largest absolute Gasteiger partial charge is 0.0622 e. The van der Waals surface area contributed by atoms with E-state index in [0.717, 1.165) is 23.7 Å². The minimum atomic E-state index is 0.135. The summed E-state index contributed by atoms with van der Waals surface area (Å²) >= 11 is 0. The van der Waals surface area contributed by atoms with Gasteiger partial charge in [-0.1, -0.05) is 182 Å². The third-order valence-corrected chi connectivity index (χ3v) is 16.2. The lowest BCUT2D eigenvalue weighted by Crippen LogP contribution is -2.55. The van der Waals surface area contributed by atoms with E-state index >= 15 is 0 Å². The summed E-state index contributed by atoms with van der Waals surface area (Å²) in [5.74, 6) is 3.33. The maximum atomic E-state index is 2.60. The predicted octanol–water partition coefficient (Wildman–Crippen LogP) is 16.7. The standard InChI is InChI=1S/C62H46/c1-2-14-41(15-3-1)58-52-21-6-8-23-54(52)59(55-24-9-7-22-53(55)58)45-19-11-17-43(37-45)42-16-10-18-44(36-42)48-25-12-26-51-50(48)28-30-57-61(51)60-49-20-5-4-13-40(49)27-29-56(60)62(57)46-32-38-31-39(34-46)35-47(62)33-38/h1-30,36-39,46-47H,31-35H2. The van der Waals surface area contributed by atoms with Gasteiger partial charge in [0.15, 0.2) is 0 Å². The molecule has 0 aliphatic heterocycles. The summed E-state index contributed by atoms with van der Waals surface area (Å²) in [6, 6.07) is 73.8. The Morgan fingerprint density at radius 1 is 0.290 bits per heavy atom. The lowest BCUT2D eigenvalue weighted by atomic mass is 9.43. The van der Waals surface area contributed by atoms with Crippen molar-refractivity contribution < 1.29 is 0 Å². The van der Waals surface area contributed by atoms with Gasteiger partial charge in [-0.3, -0.25) is 0 Å². The molecule has 0 nitrogen and oxygen atoms in total. The summed E-state index contributed by atoms with van der Waals surface area (Å²) in [5.41, 5.74) is 16.6.